The third kappa shape index (κ3) is 5.28. The lowest BCUT2D eigenvalue weighted by Crippen LogP contribution is -2.36. The third-order valence-corrected chi connectivity index (χ3v) is 3.19. The summed E-state index contributed by atoms with van der Waals surface area (Å²) in [6.45, 7) is 10.7. The maximum absolute atomic E-state index is 12.8. The Morgan fingerprint density at radius 2 is 1.65 bits per heavy atom. The van der Waals surface area contributed by atoms with Gasteiger partial charge in [0.15, 0.2) is 0 Å². The summed E-state index contributed by atoms with van der Waals surface area (Å²) >= 11 is 0. The summed E-state index contributed by atoms with van der Waals surface area (Å²) in [6, 6.07) is 0. The Morgan fingerprint density at radius 3 is 2.06 bits per heavy atom. The minimum Gasteiger partial charge on any atom is -0.305 e. The molecule has 17 heavy (non-hydrogen) atoms. The molecule has 0 N–H and O–H groups in total. The van der Waals surface area contributed by atoms with E-state index in [1.54, 1.807) is 14.0 Å². The normalized spacial score (nSPS) is 30.2. The van der Waals surface area contributed by atoms with Crippen molar-refractivity contribution in [3.05, 3.63) is 0 Å². The highest BCUT2D eigenvalue weighted by atomic mass is 19.4. The summed E-state index contributed by atoms with van der Waals surface area (Å²) in [5, 5.41) is 0. The molecule has 0 radical (unpaired) electrons. The molecular weight excluding hydrogens is 227 g/mol. The van der Waals surface area contributed by atoms with E-state index in [1.807, 2.05) is 32.6 Å². The Hall–Kier alpha value is -0.250. The first kappa shape index (κ1) is 16.8. The minimum atomic E-state index is -4.06. The number of nitrogens with zero attached hydrogens (tertiary/aromatic N) is 1. The largest absolute Gasteiger partial charge is 0.393 e. The van der Waals surface area contributed by atoms with Crippen LogP contribution in [0.3, 0.4) is 0 Å². The zero-order valence-corrected chi connectivity index (χ0v) is 11.9. The van der Waals surface area contributed by atoms with E-state index < -0.39 is 12.1 Å². The Balaban J connectivity index is 0.00000121. The van der Waals surface area contributed by atoms with Crippen LogP contribution in [0.2, 0.25) is 0 Å². The first-order valence-electron chi connectivity index (χ1n) is 6.37. The fourth-order valence-electron chi connectivity index (χ4n) is 2.82. The van der Waals surface area contributed by atoms with Crippen LogP contribution in [0.4, 0.5) is 13.2 Å². The molecule has 1 heterocycles. The van der Waals surface area contributed by atoms with Crippen LogP contribution in [-0.4, -0.2) is 31.2 Å². The molecule has 1 aliphatic rings. The van der Waals surface area contributed by atoms with Gasteiger partial charge in [-0.2, -0.15) is 13.2 Å². The fourth-order valence-corrected chi connectivity index (χ4v) is 2.82. The van der Waals surface area contributed by atoms with E-state index in [0.717, 1.165) is 6.54 Å². The molecule has 0 aromatic carbocycles. The second-order valence-electron chi connectivity index (χ2n) is 5.69. The lowest BCUT2D eigenvalue weighted by atomic mass is 9.80. The number of hydrogen-bond donors (Lipinski definition) is 0. The van der Waals surface area contributed by atoms with Crippen molar-refractivity contribution in [1.29, 1.82) is 0 Å². The second-order valence-corrected chi connectivity index (χ2v) is 5.69. The standard InChI is InChI=1S/C11H20F3N.C2H6/c1-8-5-10(2,3)7-15(4)6-9(8)11(12,13)14;1-2/h8-9H,5-7H2,1-4H3;1-2H3. The van der Waals surface area contributed by atoms with Crippen LogP contribution in [0.5, 0.6) is 0 Å². The molecule has 1 rings (SSSR count). The molecule has 1 aliphatic heterocycles. The van der Waals surface area contributed by atoms with E-state index in [0.29, 0.717) is 6.42 Å². The summed E-state index contributed by atoms with van der Waals surface area (Å²) in [4.78, 5) is 1.81. The first-order chi connectivity index (χ1) is 7.62. The predicted molar refractivity (Wildman–Crippen MR) is 66.0 cm³/mol. The quantitative estimate of drug-likeness (QED) is 0.625. The lowest BCUT2D eigenvalue weighted by Gasteiger charge is -2.27. The molecule has 0 saturated carbocycles. The number of hydrogen-bond acceptors (Lipinski definition) is 1. The van der Waals surface area contributed by atoms with Crippen molar-refractivity contribution in [2.45, 2.75) is 47.2 Å². The second kappa shape index (κ2) is 6.07. The van der Waals surface area contributed by atoms with Gasteiger partial charge in [0.2, 0.25) is 0 Å². The highest BCUT2D eigenvalue weighted by molar-refractivity contribution is 4.86. The van der Waals surface area contributed by atoms with E-state index in [1.165, 1.54) is 0 Å². The van der Waals surface area contributed by atoms with Crippen molar-refractivity contribution < 1.29 is 13.2 Å². The molecule has 0 aromatic rings. The van der Waals surface area contributed by atoms with Crippen molar-refractivity contribution in [3.8, 4) is 0 Å². The van der Waals surface area contributed by atoms with Gasteiger partial charge in [0.25, 0.3) is 0 Å². The number of rotatable bonds is 0. The molecule has 0 aliphatic carbocycles. The van der Waals surface area contributed by atoms with Crippen LogP contribution in [0.25, 0.3) is 0 Å². The van der Waals surface area contributed by atoms with Crippen molar-refractivity contribution in [1.82, 2.24) is 4.90 Å². The van der Waals surface area contributed by atoms with Gasteiger partial charge in [-0.15, -0.1) is 0 Å². The van der Waals surface area contributed by atoms with Crippen molar-refractivity contribution >= 4 is 0 Å². The highest BCUT2D eigenvalue weighted by Gasteiger charge is 2.46. The van der Waals surface area contributed by atoms with E-state index in [9.17, 15) is 13.2 Å². The van der Waals surface area contributed by atoms with Crippen molar-refractivity contribution in [3.63, 3.8) is 0 Å². The molecule has 104 valence electrons. The van der Waals surface area contributed by atoms with Gasteiger partial charge >= 0.3 is 6.18 Å². The lowest BCUT2D eigenvalue weighted by molar-refractivity contribution is -0.189. The summed E-state index contributed by atoms with van der Waals surface area (Å²) in [6.07, 6.45) is -3.42. The smallest absolute Gasteiger partial charge is 0.305 e. The molecule has 0 aromatic heterocycles. The third-order valence-electron chi connectivity index (χ3n) is 3.19. The van der Waals surface area contributed by atoms with Crippen LogP contribution >= 0.6 is 0 Å². The molecule has 4 heteroatoms. The molecular formula is C13H26F3N. The van der Waals surface area contributed by atoms with Crippen LogP contribution < -0.4 is 0 Å². The van der Waals surface area contributed by atoms with Crippen molar-refractivity contribution in [2.24, 2.45) is 17.3 Å². The highest BCUT2D eigenvalue weighted by Crippen LogP contribution is 2.41. The maximum atomic E-state index is 12.8. The zero-order valence-electron chi connectivity index (χ0n) is 11.9. The van der Waals surface area contributed by atoms with Crippen LogP contribution in [0, 0.1) is 17.3 Å². The van der Waals surface area contributed by atoms with Gasteiger partial charge in [-0.05, 0) is 24.8 Å². The number of alkyl halides is 3. The van der Waals surface area contributed by atoms with Crippen molar-refractivity contribution in [2.75, 3.05) is 20.1 Å². The molecule has 1 nitrogen and oxygen atoms in total. The summed E-state index contributed by atoms with van der Waals surface area (Å²) in [7, 11) is 1.78. The number of halogens is 3. The van der Waals surface area contributed by atoms with E-state index in [2.05, 4.69) is 0 Å². The zero-order chi connectivity index (χ0) is 13.9. The molecule has 1 fully saturated rings. The average molecular weight is 253 g/mol. The van der Waals surface area contributed by atoms with Gasteiger partial charge in [0, 0.05) is 13.1 Å². The van der Waals surface area contributed by atoms with Gasteiger partial charge < -0.3 is 4.90 Å². The summed E-state index contributed by atoms with van der Waals surface area (Å²) < 4.78 is 38.3. The maximum Gasteiger partial charge on any atom is 0.393 e. The van der Waals surface area contributed by atoms with E-state index in [-0.39, 0.29) is 17.9 Å². The Kier molecular flexibility index (Phi) is 5.99. The molecule has 1 saturated heterocycles. The average Bonchev–Trinajstić information content (AvgIpc) is 2.23. The molecule has 0 bridgehead atoms. The SMILES string of the molecule is CC.CC1CC(C)(C)CN(C)CC1C(F)(F)F. The monoisotopic (exact) mass is 253 g/mol. The van der Waals surface area contributed by atoms with Gasteiger partial charge in [-0.3, -0.25) is 0 Å². The van der Waals surface area contributed by atoms with Gasteiger partial charge in [0.1, 0.15) is 0 Å². The number of likely N-dealkylation sites (tertiary alicyclic amines) is 1. The van der Waals surface area contributed by atoms with Gasteiger partial charge in [0.05, 0.1) is 5.92 Å². The van der Waals surface area contributed by atoms with Crippen LogP contribution in [-0.2, 0) is 0 Å². The summed E-state index contributed by atoms with van der Waals surface area (Å²) in [5.74, 6) is -1.46. The van der Waals surface area contributed by atoms with E-state index >= 15 is 0 Å². The Bertz CT molecular complexity index is 223. The summed E-state index contributed by atoms with van der Waals surface area (Å²) in [5.41, 5.74) is -0.0197. The molecule has 0 spiro atoms. The van der Waals surface area contributed by atoms with Gasteiger partial charge in [-0.25, -0.2) is 0 Å². The molecule has 2 atom stereocenters. The Morgan fingerprint density at radius 1 is 1.18 bits per heavy atom. The first-order valence-corrected chi connectivity index (χ1v) is 6.37. The van der Waals surface area contributed by atoms with Crippen LogP contribution in [0.1, 0.15) is 41.0 Å². The van der Waals surface area contributed by atoms with Gasteiger partial charge in [-0.1, -0.05) is 34.6 Å². The van der Waals surface area contributed by atoms with Crippen LogP contribution in [0.15, 0.2) is 0 Å². The topological polar surface area (TPSA) is 3.24 Å². The molecule has 2 unspecified atom stereocenters. The fraction of sp³-hybridized carbons (Fsp3) is 1.00. The van der Waals surface area contributed by atoms with E-state index in [4.69, 9.17) is 0 Å². The Labute approximate surface area is 103 Å². The minimum absolute atomic E-state index is 0.0197. The predicted octanol–water partition coefficient (Wildman–Crippen LogP) is 4.19. The molecule has 0 amide bonds.